The lowest BCUT2D eigenvalue weighted by Gasteiger charge is -2.11. The van der Waals surface area contributed by atoms with Crippen LogP contribution in [0.2, 0.25) is 0 Å². The molecule has 1 aliphatic rings. The summed E-state index contributed by atoms with van der Waals surface area (Å²) in [5.74, 6) is 1.31. The zero-order valence-corrected chi connectivity index (χ0v) is 12.0. The van der Waals surface area contributed by atoms with Gasteiger partial charge in [-0.3, -0.25) is 4.99 Å². The first-order valence-electron chi connectivity index (χ1n) is 6.84. The second-order valence-electron chi connectivity index (χ2n) is 4.94. The molecule has 1 aromatic rings. The number of nitrogens with one attached hydrogen (secondary N) is 2. The molecule has 1 fully saturated rings. The Morgan fingerprint density at radius 3 is 2.55 bits per heavy atom. The molecule has 0 saturated heterocycles. The third kappa shape index (κ3) is 4.26. The highest BCUT2D eigenvalue weighted by molar-refractivity contribution is 5.89. The molecule has 1 saturated carbocycles. The number of methoxy groups -OCH3 is 1. The van der Waals surface area contributed by atoms with Crippen molar-refractivity contribution >= 4 is 11.9 Å². The van der Waals surface area contributed by atoms with Crippen LogP contribution >= 0.6 is 0 Å². The summed E-state index contributed by atoms with van der Waals surface area (Å²) in [6.07, 6.45) is 2.64. The van der Waals surface area contributed by atoms with Gasteiger partial charge in [0.1, 0.15) is 0 Å². The van der Waals surface area contributed by atoms with Gasteiger partial charge in [0.15, 0.2) is 5.96 Å². The molecule has 0 radical (unpaired) electrons. The van der Waals surface area contributed by atoms with E-state index in [0.29, 0.717) is 12.1 Å². The molecule has 0 aliphatic heterocycles. The molecule has 0 bridgehead atoms. The average Bonchev–Trinajstić information content (AvgIpc) is 3.31. The minimum absolute atomic E-state index is 0.314. The molecule has 2 rings (SSSR count). The van der Waals surface area contributed by atoms with Gasteiger partial charge in [-0.1, -0.05) is 12.1 Å². The molecule has 0 aromatic heterocycles. The smallest absolute Gasteiger partial charge is 0.337 e. The van der Waals surface area contributed by atoms with Crippen LogP contribution < -0.4 is 10.6 Å². The molecular formula is C15H21N3O2. The molecule has 0 spiro atoms. The number of carbonyl (C=O) groups is 1. The van der Waals surface area contributed by atoms with Crippen molar-refractivity contribution in [3.63, 3.8) is 0 Å². The van der Waals surface area contributed by atoms with Gasteiger partial charge in [0.05, 0.1) is 12.7 Å². The minimum Gasteiger partial charge on any atom is -0.465 e. The number of nitrogens with zero attached hydrogens (tertiary/aromatic N) is 1. The normalized spacial score (nSPS) is 14.8. The maximum atomic E-state index is 11.3. The van der Waals surface area contributed by atoms with Gasteiger partial charge < -0.3 is 15.4 Å². The minimum atomic E-state index is -0.314. The number of ether oxygens (including phenoxy) is 1. The summed E-state index contributed by atoms with van der Waals surface area (Å²) in [7, 11) is 3.15. The molecular weight excluding hydrogens is 254 g/mol. The third-order valence-corrected chi connectivity index (χ3v) is 3.31. The van der Waals surface area contributed by atoms with E-state index >= 15 is 0 Å². The second-order valence-corrected chi connectivity index (χ2v) is 4.94. The van der Waals surface area contributed by atoms with E-state index < -0.39 is 0 Å². The molecule has 108 valence electrons. The Morgan fingerprint density at radius 1 is 1.30 bits per heavy atom. The summed E-state index contributed by atoms with van der Waals surface area (Å²) in [5.41, 5.74) is 1.65. The second kappa shape index (κ2) is 6.93. The average molecular weight is 275 g/mol. The predicted molar refractivity (Wildman–Crippen MR) is 78.7 cm³/mol. The van der Waals surface area contributed by atoms with Crippen LogP contribution in [0.3, 0.4) is 0 Å². The summed E-state index contributed by atoms with van der Waals surface area (Å²) in [6.45, 7) is 1.66. The number of guanidine groups is 1. The molecule has 5 heteroatoms. The fourth-order valence-corrected chi connectivity index (χ4v) is 1.85. The zero-order valence-electron chi connectivity index (χ0n) is 12.0. The quantitative estimate of drug-likeness (QED) is 0.486. The van der Waals surface area contributed by atoms with E-state index in [1.54, 1.807) is 19.2 Å². The Labute approximate surface area is 119 Å². The number of hydrogen-bond donors (Lipinski definition) is 2. The maximum absolute atomic E-state index is 11.3. The first-order valence-corrected chi connectivity index (χ1v) is 6.84. The van der Waals surface area contributed by atoms with Crippen LogP contribution in [0.25, 0.3) is 0 Å². The highest BCUT2D eigenvalue weighted by Crippen LogP contribution is 2.27. The van der Waals surface area contributed by atoms with Gasteiger partial charge in [0, 0.05) is 20.1 Å². The van der Waals surface area contributed by atoms with Crippen LogP contribution in [0.15, 0.2) is 29.3 Å². The van der Waals surface area contributed by atoms with Crippen molar-refractivity contribution in [3.8, 4) is 0 Å². The van der Waals surface area contributed by atoms with E-state index in [4.69, 9.17) is 0 Å². The topological polar surface area (TPSA) is 62.7 Å². The fourth-order valence-electron chi connectivity index (χ4n) is 1.85. The molecule has 0 atom stereocenters. The SMILES string of the molecule is CN=C(NCc1ccc(C(=O)OC)cc1)NCC1CC1. The molecule has 2 N–H and O–H groups in total. The van der Waals surface area contributed by atoms with Crippen molar-refractivity contribution in [1.82, 2.24) is 10.6 Å². The van der Waals surface area contributed by atoms with E-state index in [1.807, 2.05) is 12.1 Å². The summed E-state index contributed by atoms with van der Waals surface area (Å²) in [6, 6.07) is 7.35. The van der Waals surface area contributed by atoms with E-state index in [1.165, 1.54) is 20.0 Å². The Bertz CT molecular complexity index is 478. The highest BCUT2D eigenvalue weighted by atomic mass is 16.5. The number of carbonyl (C=O) groups excluding carboxylic acids is 1. The number of esters is 1. The first kappa shape index (κ1) is 14.4. The highest BCUT2D eigenvalue weighted by Gasteiger charge is 2.20. The van der Waals surface area contributed by atoms with Crippen molar-refractivity contribution in [3.05, 3.63) is 35.4 Å². The van der Waals surface area contributed by atoms with E-state index in [2.05, 4.69) is 20.4 Å². The van der Waals surface area contributed by atoms with Crippen LogP contribution in [-0.4, -0.2) is 32.6 Å². The van der Waals surface area contributed by atoms with Crippen molar-refractivity contribution in [2.24, 2.45) is 10.9 Å². The number of benzene rings is 1. The van der Waals surface area contributed by atoms with Gasteiger partial charge >= 0.3 is 5.97 Å². The van der Waals surface area contributed by atoms with Crippen LogP contribution in [0.5, 0.6) is 0 Å². The van der Waals surface area contributed by atoms with Gasteiger partial charge in [-0.2, -0.15) is 0 Å². The number of hydrogen-bond acceptors (Lipinski definition) is 3. The van der Waals surface area contributed by atoms with Gasteiger partial charge in [-0.15, -0.1) is 0 Å². The number of rotatable bonds is 5. The molecule has 0 amide bonds. The third-order valence-electron chi connectivity index (χ3n) is 3.31. The zero-order chi connectivity index (χ0) is 14.4. The Kier molecular flexibility index (Phi) is 4.98. The molecule has 5 nitrogen and oxygen atoms in total. The van der Waals surface area contributed by atoms with Crippen LogP contribution in [0, 0.1) is 5.92 Å². The lowest BCUT2D eigenvalue weighted by atomic mass is 10.1. The molecule has 0 unspecified atom stereocenters. The fraction of sp³-hybridized carbons (Fsp3) is 0.467. The Hall–Kier alpha value is -2.04. The largest absolute Gasteiger partial charge is 0.465 e. The van der Waals surface area contributed by atoms with E-state index in [0.717, 1.165) is 24.0 Å². The molecule has 1 aliphatic carbocycles. The standard InChI is InChI=1S/C15H21N3O2/c1-16-15(17-9-11-3-4-11)18-10-12-5-7-13(8-6-12)14(19)20-2/h5-8,11H,3-4,9-10H2,1-2H3,(H2,16,17,18). The molecule has 1 aromatic carbocycles. The van der Waals surface area contributed by atoms with Crippen LogP contribution in [-0.2, 0) is 11.3 Å². The van der Waals surface area contributed by atoms with Gasteiger partial charge in [0.2, 0.25) is 0 Å². The van der Waals surface area contributed by atoms with Crippen LogP contribution in [0.4, 0.5) is 0 Å². The Morgan fingerprint density at radius 2 is 2.00 bits per heavy atom. The van der Waals surface area contributed by atoms with Crippen molar-refractivity contribution in [2.45, 2.75) is 19.4 Å². The predicted octanol–water partition coefficient (Wildman–Crippen LogP) is 1.55. The Balaban J connectivity index is 1.81. The molecule has 20 heavy (non-hydrogen) atoms. The summed E-state index contributed by atoms with van der Waals surface area (Å²) in [4.78, 5) is 15.5. The monoisotopic (exact) mass is 275 g/mol. The van der Waals surface area contributed by atoms with E-state index in [9.17, 15) is 4.79 Å². The lowest BCUT2D eigenvalue weighted by Crippen LogP contribution is -2.37. The van der Waals surface area contributed by atoms with Crippen molar-refractivity contribution < 1.29 is 9.53 Å². The summed E-state index contributed by atoms with van der Waals surface area (Å²) >= 11 is 0. The number of aliphatic imine (C=N–C) groups is 1. The van der Waals surface area contributed by atoms with E-state index in [-0.39, 0.29) is 5.97 Å². The first-order chi connectivity index (χ1) is 9.72. The van der Waals surface area contributed by atoms with Crippen molar-refractivity contribution in [1.29, 1.82) is 0 Å². The molecule has 0 heterocycles. The summed E-state index contributed by atoms with van der Waals surface area (Å²) in [5, 5.41) is 6.56. The van der Waals surface area contributed by atoms with Gasteiger partial charge in [-0.05, 0) is 36.5 Å². The summed E-state index contributed by atoms with van der Waals surface area (Å²) < 4.78 is 4.67. The maximum Gasteiger partial charge on any atom is 0.337 e. The van der Waals surface area contributed by atoms with Gasteiger partial charge in [-0.25, -0.2) is 4.79 Å². The van der Waals surface area contributed by atoms with Crippen molar-refractivity contribution in [2.75, 3.05) is 20.7 Å². The van der Waals surface area contributed by atoms with Gasteiger partial charge in [0.25, 0.3) is 0 Å². The van der Waals surface area contributed by atoms with Crippen LogP contribution in [0.1, 0.15) is 28.8 Å². The lowest BCUT2D eigenvalue weighted by molar-refractivity contribution is 0.0600.